The van der Waals surface area contributed by atoms with E-state index >= 15 is 0 Å². The minimum atomic E-state index is -1.01. The molecule has 0 aliphatic heterocycles. The molecule has 1 fully saturated rings. The molecule has 0 spiro atoms. The molecule has 0 unspecified atom stereocenters. The van der Waals surface area contributed by atoms with E-state index < -0.39 is 5.97 Å². The molecule has 1 rings (SSSR count). The summed E-state index contributed by atoms with van der Waals surface area (Å²) < 4.78 is 0. The van der Waals surface area contributed by atoms with Crippen molar-refractivity contribution in [1.29, 1.82) is 0 Å². The second-order valence-electron chi connectivity index (χ2n) is 2.30. The lowest BCUT2D eigenvalue weighted by atomic mass is 10.6. The SMILES string of the molecule is O=NN(CC(=O)O)C1CC1. The highest BCUT2D eigenvalue weighted by molar-refractivity contribution is 5.69. The van der Waals surface area contributed by atoms with Crippen molar-refractivity contribution in [2.75, 3.05) is 6.54 Å². The Balaban J connectivity index is 2.32. The average Bonchev–Trinajstić information content (AvgIpc) is 2.63. The second-order valence-corrected chi connectivity index (χ2v) is 2.30. The van der Waals surface area contributed by atoms with Crippen LogP contribution in [0.4, 0.5) is 0 Å². The fourth-order valence-corrected chi connectivity index (χ4v) is 0.736. The van der Waals surface area contributed by atoms with Crippen molar-refractivity contribution in [3.63, 3.8) is 0 Å². The number of hydrogen-bond donors (Lipinski definition) is 1. The third kappa shape index (κ3) is 1.68. The van der Waals surface area contributed by atoms with Crippen molar-refractivity contribution in [1.82, 2.24) is 5.01 Å². The first kappa shape index (κ1) is 6.98. The second kappa shape index (κ2) is 2.64. The minimum absolute atomic E-state index is 0.0913. The van der Waals surface area contributed by atoms with Gasteiger partial charge in [-0.25, -0.2) is 5.01 Å². The zero-order chi connectivity index (χ0) is 7.56. The van der Waals surface area contributed by atoms with E-state index in [1.165, 1.54) is 0 Å². The van der Waals surface area contributed by atoms with Crippen LogP contribution >= 0.6 is 0 Å². The highest BCUT2D eigenvalue weighted by Crippen LogP contribution is 2.26. The first-order valence-corrected chi connectivity index (χ1v) is 3.05. The van der Waals surface area contributed by atoms with Crippen LogP contribution in [0.25, 0.3) is 0 Å². The van der Waals surface area contributed by atoms with Crippen molar-refractivity contribution >= 4 is 5.97 Å². The van der Waals surface area contributed by atoms with Gasteiger partial charge < -0.3 is 5.11 Å². The first-order valence-electron chi connectivity index (χ1n) is 3.05. The quantitative estimate of drug-likeness (QED) is 0.452. The molecule has 0 heterocycles. The smallest absolute Gasteiger partial charge is 0.325 e. The van der Waals surface area contributed by atoms with Gasteiger partial charge >= 0.3 is 5.97 Å². The van der Waals surface area contributed by atoms with Gasteiger partial charge in [0.2, 0.25) is 0 Å². The van der Waals surface area contributed by atoms with E-state index in [1.54, 1.807) is 0 Å². The highest BCUT2D eigenvalue weighted by atomic mass is 16.4. The van der Waals surface area contributed by atoms with Crippen LogP contribution < -0.4 is 0 Å². The average molecular weight is 144 g/mol. The van der Waals surface area contributed by atoms with Crippen molar-refractivity contribution in [3.05, 3.63) is 4.91 Å². The summed E-state index contributed by atoms with van der Waals surface area (Å²) in [7, 11) is 0. The Hall–Kier alpha value is -1.13. The maximum absolute atomic E-state index is 10.1. The van der Waals surface area contributed by atoms with Crippen molar-refractivity contribution in [2.24, 2.45) is 5.29 Å². The van der Waals surface area contributed by atoms with Crippen molar-refractivity contribution in [2.45, 2.75) is 18.9 Å². The largest absolute Gasteiger partial charge is 0.480 e. The number of hydrogen-bond acceptors (Lipinski definition) is 3. The summed E-state index contributed by atoms with van der Waals surface area (Å²) in [6.45, 7) is -0.270. The van der Waals surface area contributed by atoms with Crippen LogP contribution in [0.1, 0.15) is 12.8 Å². The summed E-state index contributed by atoms with van der Waals surface area (Å²) >= 11 is 0. The fraction of sp³-hybridized carbons (Fsp3) is 0.800. The lowest BCUT2D eigenvalue weighted by Crippen LogP contribution is -2.26. The number of carboxylic acids is 1. The van der Waals surface area contributed by atoms with E-state index in [1.807, 2.05) is 0 Å². The van der Waals surface area contributed by atoms with Gasteiger partial charge in [-0.3, -0.25) is 4.79 Å². The van der Waals surface area contributed by atoms with Crippen LogP contribution in [0.2, 0.25) is 0 Å². The van der Waals surface area contributed by atoms with Gasteiger partial charge in [-0.1, -0.05) is 0 Å². The van der Waals surface area contributed by atoms with Crippen LogP contribution in [-0.2, 0) is 4.79 Å². The van der Waals surface area contributed by atoms with Gasteiger partial charge in [-0.05, 0) is 12.8 Å². The monoisotopic (exact) mass is 144 g/mol. The number of carboxylic acid groups (broad SMARTS) is 1. The Bertz CT molecular complexity index is 155. The lowest BCUT2D eigenvalue weighted by molar-refractivity contribution is -0.138. The Morgan fingerprint density at radius 3 is 2.60 bits per heavy atom. The first-order chi connectivity index (χ1) is 4.74. The predicted molar refractivity (Wildman–Crippen MR) is 33.2 cm³/mol. The van der Waals surface area contributed by atoms with Crippen LogP contribution in [0, 0.1) is 4.91 Å². The van der Waals surface area contributed by atoms with Gasteiger partial charge in [-0.2, -0.15) is 0 Å². The molecule has 0 bridgehead atoms. The molecule has 1 aliphatic rings. The van der Waals surface area contributed by atoms with E-state index in [0.717, 1.165) is 17.9 Å². The van der Waals surface area contributed by atoms with Gasteiger partial charge in [0.05, 0.1) is 11.3 Å². The van der Waals surface area contributed by atoms with Crippen LogP contribution in [0.3, 0.4) is 0 Å². The van der Waals surface area contributed by atoms with Crippen LogP contribution in [0.15, 0.2) is 5.29 Å². The summed E-state index contributed by atoms with van der Waals surface area (Å²) in [5.41, 5.74) is 0. The molecule has 1 saturated carbocycles. The zero-order valence-electron chi connectivity index (χ0n) is 5.36. The van der Waals surface area contributed by atoms with Crippen molar-refractivity contribution in [3.8, 4) is 0 Å². The molecule has 5 heteroatoms. The molecule has 10 heavy (non-hydrogen) atoms. The van der Waals surface area contributed by atoms with Crippen LogP contribution in [-0.4, -0.2) is 28.7 Å². The zero-order valence-corrected chi connectivity index (χ0v) is 5.36. The molecule has 0 aromatic heterocycles. The van der Waals surface area contributed by atoms with Crippen molar-refractivity contribution < 1.29 is 9.90 Å². The van der Waals surface area contributed by atoms with Crippen LogP contribution in [0.5, 0.6) is 0 Å². The van der Waals surface area contributed by atoms with Gasteiger partial charge in [-0.15, -0.1) is 4.91 Å². The number of aliphatic carboxylic acids is 1. The molecule has 1 N–H and O–H groups in total. The molecule has 0 atom stereocenters. The molecule has 0 aromatic rings. The standard InChI is InChI=1S/C5H8N2O3/c8-5(9)3-7(6-10)4-1-2-4/h4H,1-3H2,(H,8,9). The van der Waals surface area contributed by atoms with Gasteiger partial charge in [0.1, 0.15) is 6.54 Å². The molecule has 0 amide bonds. The molecule has 0 aromatic carbocycles. The van der Waals surface area contributed by atoms with E-state index in [9.17, 15) is 9.70 Å². The third-order valence-corrected chi connectivity index (χ3v) is 1.37. The lowest BCUT2D eigenvalue weighted by Gasteiger charge is -2.09. The number of nitroso groups, excluding NO2 is 1. The molecular weight excluding hydrogens is 136 g/mol. The molecule has 5 nitrogen and oxygen atoms in total. The molecule has 56 valence electrons. The van der Waals surface area contributed by atoms with Gasteiger partial charge in [0.15, 0.2) is 0 Å². The third-order valence-electron chi connectivity index (χ3n) is 1.37. The summed E-state index contributed by atoms with van der Waals surface area (Å²) in [6.07, 6.45) is 1.78. The summed E-state index contributed by atoms with van der Waals surface area (Å²) in [6, 6.07) is 0.0913. The summed E-state index contributed by atoms with van der Waals surface area (Å²) in [5.74, 6) is -1.01. The molecular formula is C5H8N2O3. The van der Waals surface area contributed by atoms with E-state index in [-0.39, 0.29) is 12.6 Å². The van der Waals surface area contributed by atoms with E-state index in [0.29, 0.717) is 0 Å². The molecule has 0 radical (unpaired) electrons. The number of carbonyl (C=O) groups is 1. The Morgan fingerprint density at radius 1 is 1.70 bits per heavy atom. The van der Waals surface area contributed by atoms with E-state index in [4.69, 9.17) is 5.11 Å². The molecule has 1 aliphatic carbocycles. The molecule has 0 saturated heterocycles. The fourth-order valence-electron chi connectivity index (χ4n) is 0.736. The summed E-state index contributed by atoms with van der Waals surface area (Å²) in [4.78, 5) is 20.0. The van der Waals surface area contributed by atoms with Gasteiger partial charge in [0, 0.05) is 0 Å². The van der Waals surface area contributed by atoms with Gasteiger partial charge in [0.25, 0.3) is 0 Å². The Labute approximate surface area is 57.6 Å². The number of nitrogens with zero attached hydrogens (tertiary/aromatic N) is 2. The Morgan fingerprint density at radius 2 is 2.30 bits per heavy atom. The topological polar surface area (TPSA) is 70.0 Å². The predicted octanol–water partition coefficient (Wildman–Crippen LogP) is 0.217. The Kier molecular flexibility index (Phi) is 1.84. The maximum Gasteiger partial charge on any atom is 0.325 e. The van der Waals surface area contributed by atoms with E-state index in [2.05, 4.69) is 5.29 Å². The maximum atomic E-state index is 10.1. The number of rotatable bonds is 4. The minimum Gasteiger partial charge on any atom is -0.480 e. The highest BCUT2D eigenvalue weighted by Gasteiger charge is 2.30. The summed E-state index contributed by atoms with van der Waals surface area (Å²) in [5, 5.41) is 11.9. The normalized spacial score (nSPS) is 16.4.